The molecule has 1 aromatic heterocycles. The lowest BCUT2D eigenvalue weighted by molar-refractivity contribution is -0.137. The average Bonchev–Trinajstić information content (AvgIpc) is 2.65. The fourth-order valence-corrected chi connectivity index (χ4v) is 1.77. The van der Waals surface area contributed by atoms with Gasteiger partial charge in [-0.05, 0) is 17.4 Å². The summed E-state index contributed by atoms with van der Waals surface area (Å²) < 4.78 is 0. The lowest BCUT2D eigenvalue weighted by Gasteiger charge is -2.09. The number of hydrogen-bond donors (Lipinski definition) is 2. The van der Waals surface area contributed by atoms with E-state index in [4.69, 9.17) is 5.11 Å². The zero-order valence-electron chi connectivity index (χ0n) is 8.40. The molecule has 82 valence electrons. The second-order valence-electron chi connectivity index (χ2n) is 3.39. The van der Waals surface area contributed by atoms with Crippen molar-refractivity contribution >= 4 is 23.2 Å². The molecule has 0 spiro atoms. The van der Waals surface area contributed by atoms with E-state index in [-0.39, 0.29) is 18.2 Å². The minimum absolute atomic E-state index is 0.0496. The molecular formula is C10H13NO3S. The fourth-order valence-electron chi connectivity index (χ4n) is 1.13. The minimum atomic E-state index is -0.840. The van der Waals surface area contributed by atoms with Crippen molar-refractivity contribution < 1.29 is 14.7 Å². The lowest BCUT2D eigenvalue weighted by Crippen LogP contribution is -2.28. The molecule has 1 rings (SSSR count). The van der Waals surface area contributed by atoms with Gasteiger partial charge in [-0.3, -0.25) is 9.59 Å². The van der Waals surface area contributed by atoms with Crippen molar-refractivity contribution in [2.24, 2.45) is 5.92 Å². The van der Waals surface area contributed by atoms with Crippen LogP contribution in [0.25, 0.3) is 0 Å². The normalized spacial score (nSPS) is 12.1. The highest BCUT2D eigenvalue weighted by molar-refractivity contribution is 7.12. The lowest BCUT2D eigenvalue weighted by atomic mass is 10.1. The highest BCUT2D eigenvalue weighted by Gasteiger charge is 2.10. The van der Waals surface area contributed by atoms with E-state index in [0.29, 0.717) is 11.4 Å². The first-order chi connectivity index (χ1) is 7.09. The van der Waals surface area contributed by atoms with Gasteiger partial charge in [0.15, 0.2) is 0 Å². The summed E-state index contributed by atoms with van der Waals surface area (Å²) in [6, 6.07) is 3.54. The Kier molecular flexibility index (Phi) is 4.30. The summed E-state index contributed by atoms with van der Waals surface area (Å²) in [6.07, 6.45) is 0.0741. The molecule has 1 unspecified atom stereocenters. The molecule has 5 heteroatoms. The number of nitrogens with one attached hydrogen (secondary N) is 1. The van der Waals surface area contributed by atoms with Gasteiger partial charge in [0.1, 0.15) is 0 Å². The van der Waals surface area contributed by atoms with E-state index >= 15 is 0 Å². The van der Waals surface area contributed by atoms with E-state index in [9.17, 15) is 9.59 Å². The maximum Gasteiger partial charge on any atom is 0.303 e. The van der Waals surface area contributed by atoms with Gasteiger partial charge in [-0.1, -0.05) is 13.0 Å². The molecule has 0 saturated heterocycles. The average molecular weight is 227 g/mol. The molecule has 0 saturated carbocycles. The van der Waals surface area contributed by atoms with Crippen molar-refractivity contribution in [1.29, 1.82) is 0 Å². The molecule has 4 nitrogen and oxygen atoms in total. The minimum Gasteiger partial charge on any atom is -0.481 e. The summed E-state index contributed by atoms with van der Waals surface area (Å²) in [5.74, 6) is -1.03. The third-order valence-corrected chi connectivity index (χ3v) is 2.75. The van der Waals surface area contributed by atoms with E-state index in [2.05, 4.69) is 5.32 Å². The van der Waals surface area contributed by atoms with Crippen molar-refractivity contribution in [2.45, 2.75) is 13.3 Å². The highest BCUT2D eigenvalue weighted by atomic mass is 32.1. The molecule has 1 atom stereocenters. The second kappa shape index (κ2) is 5.50. The van der Waals surface area contributed by atoms with Crippen LogP contribution in [0.5, 0.6) is 0 Å². The number of carboxylic acid groups (broad SMARTS) is 1. The van der Waals surface area contributed by atoms with Crippen molar-refractivity contribution in [3.8, 4) is 0 Å². The summed E-state index contributed by atoms with van der Waals surface area (Å²) in [5, 5.41) is 13.0. The van der Waals surface area contributed by atoms with Gasteiger partial charge in [-0.15, -0.1) is 11.3 Å². The van der Waals surface area contributed by atoms with Crippen LogP contribution in [0.1, 0.15) is 23.0 Å². The molecule has 0 aliphatic rings. The molecule has 1 heterocycles. The van der Waals surface area contributed by atoms with Gasteiger partial charge in [0.25, 0.3) is 5.91 Å². The maximum atomic E-state index is 11.4. The number of aliphatic carboxylic acids is 1. The van der Waals surface area contributed by atoms with Crippen molar-refractivity contribution in [3.05, 3.63) is 22.4 Å². The highest BCUT2D eigenvalue weighted by Crippen LogP contribution is 2.08. The Balaban J connectivity index is 2.31. The molecule has 1 amide bonds. The first-order valence-electron chi connectivity index (χ1n) is 4.63. The number of carboxylic acids is 1. The number of rotatable bonds is 5. The molecule has 15 heavy (non-hydrogen) atoms. The molecule has 0 radical (unpaired) electrons. The topological polar surface area (TPSA) is 66.4 Å². The van der Waals surface area contributed by atoms with Crippen molar-refractivity contribution in [3.63, 3.8) is 0 Å². The third kappa shape index (κ3) is 4.12. The Hall–Kier alpha value is -1.36. The Morgan fingerprint density at radius 1 is 1.60 bits per heavy atom. The van der Waals surface area contributed by atoms with Crippen LogP contribution >= 0.6 is 11.3 Å². The third-order valence-electron chi connectivity index (χ3n) is 1.88. The van der Waals surface area contributed by atoms with E-state index in [0.717, 1.165) is 0 Å². The molecule has 0 bridgehead atoms. The van der Waals surface area contributed by atoms with Crippen LogP contribution < -0.4 is 5.32 Å². The molecule has 0 aliphatic carbocycles. The van der Waals surface area contributed by atoms with Crippen LogP contribution in [0.15, 0.2) is 17.5 Å². The second-order valence-corrected chi connectivity index (χ2v) is 4.34. The zero-order valence-corrected chi connectivity index (χ0v) is 9.21. The van der Waals surface area contributed by atoms with Crippen molar-refractivity contribution in [2.75, 3.05) is 6.54 Å². The Labute approximate surface area is 91.9 Å². The SMILES string of the molecule is CC(CNC(=O)c1cccs1)CC(=O)O. The van der Waals surface area contributed by atoms with Gasteiger partial charge in [-0.2, -0.15) is 0 Å². The summed E-state index contributed by atoms with van der Waals surface area (Å²) in [4.78, 5) is 22.5. The number of thiophene rings is 1. The number of amides is 1. The number of carbonyl (C=O) groups is 2. The van der Waals surface area contributed by atoms with Crippen LogP contribution in [0.2, 0.25) is 0 Å². The van der Waals surface area contributed by atoms with E-state index in [1.165, 1.54) is 11.3 Å². The predicted octanol–water partition coefficient (Wildman–Crippen LogP) is 1.59. The van der Waals surface area contributed by atoms with E-state index in [1.54, 1.807) is 19.1 Å². The first kappa shape index (κ1) is 11.7. The van der Waals surface area contributed by atoms with Gasteiger partial charge in [0, 0.05) is 13.0 Å². The Morgan fingerprint density at radius 3 is 2.87 bits per heavy atom. The van der Waals surface area contributed by atoms with Crippen LogP contribution in [0.4, 0.5) is 0 Å². The Bertz CT molecular complexity index is 334. The Morgan fingerprint density at radius 2 is 2.33 bits per heavy atom. The number of carbonyl (C=O) groups excluding carboxylic acids is 1. The maximum absolute atomic E-state index is 11.4. The van der Waals surface area contributed by atoms with Gasteiger partial charge >= 0.3 is 5.97 Å². The van der Waals surface area contributed by atoms with Crippen LogP contribution in [0.3, 0.4) is 0 Å². The van der Waals surface area contributed by atoms with E-state index < -0.39 is 5.97 Å². The fraction of sp³-hybridized carbons (Fsp3) is 0.400. The summed E-state index contributed by atoms with van der Waals surface area (Å²) in [6.45, 7) is 2.19. The molecule has 2 N–H and O–H groups in total. The summed E-state index contributed by atoms with van der Waals surface area (Å²) >= 11 is 1.37. The quantitative estimate of drug-likeness (QED) is 0.802. The zero-order chi connectivity index (χ0) is 11.3. The first-order valence-corrected chi connectivity index (χ1v) is 5.51. The predicted molar refractivity (Wildman–Crippen MR) is 58.1 cm³/mol. The molecule has 1 aromatic rings. The van der Waals surface area contributed by atoms with E-state index in [1.807, 2.05) is 5.38 Å². The van der Waals surface area contributed by atoms with Crippen LogP contribution in [0, 0.1) is 5.92 Å². The smallest absolute Gasteiger partial charge is 0.303 e. The van der Waals surface area contributed by atoms with Crippen LogP contribution in [-0.2, 0) is 4.79 Å². The summed E-state index contributed by atoms with van der Waals surface area (Å²) in [5.41, 5.74) is 0. The molecule has 0 aliphatic heterocycles. The molecule has 0 fully saturated rings. The van der Waals surface area contributed by atoms with Gasteiger partial charge in [0.05, 0.1) is 4.88 Å². The molecular weight excluding hydrogens is 214 g/mol. The van der Waals surface area contributed by atoms with Gasteiger partial charge in [0.2, 0.25) is 0 Å². The van der Waals surface area contributed by atoms with Gasteiger partial charge < -0.3 is 10.4 Å². The molecule has 0 aromatic carbocycles. The van der Waals surface area contributed by atoms with Crippen LogP contribution in [-0.4, -0.2) is 23.5 Å². The largest absolute Gasteiger partial charge is 0.481 e. The number of hydrogen-bond acceptors (Lipinski definition) is 3. The van der Waals surface area contributed by atoms with Gasteiger partial charge in [-0.25, -0.2) is 0 Å². The monoisotopic (exact) mass is 227 g/mol. The van der Waals surface area contributed by atoms with Crippen molar-refractivity contribution in [1.82, 2.24) is 5.32 Å². The summed E-state index contributed by atoms with van der Waals surface area (Å²) in [7, 11) is 0. The standard InChI is InChI=1S/C10H13NO3S/c1-7(5-9(12)13)6-11-10(14)8-3-2-4-15-8/h2-4,7H,5-6H2,1H3,(H,11,14)(H,12,13).